The van der Waals surface area contributed by atoms with Crippen LogP contribution in [0.4, 0.5) is 5.69 Å². The summed E-state index contributed by atoms with van der Waals surface area (Å²) in [5, 5.41) is 3.40. The van der Waals surface area contributed by atoms with Crippen LogP contribution in [0.25, 0.3) is 11.6 Å². The lowest BCUT2D eigenvalue weighted by atomic mass is 10.0. The Labute approximate surface area is 174 Å². The van der Waals surface area contributed by atoms with E-state index in [1.165, 1.54) is 0 Å². The highest BCUT2D eigenvalue weighted by Gasteiger charge is 2.24. The molecule has 0 radical (unpaired) electrons. The first-order chi connectivity index (χ1) is 14.0. The van der Waals surface area contributed by atoms with Crippen LogP contribution < -0.4 is 14.8 Å². The molecule has 0 aliphatic carbocycles. The number of likely N-dealkylation sites (tertiary alicyclic amines) is 1. The number of carbonyl (C=O) groups excluding carboxylic acids is 2. The maximum absolute atomic E-state index is 12.4. The first kappa shape index (κ1) is 19.3. The summed E-state index contributed by atoms with van der Waals surface area (Å²) in [5.74, 6) is 0.782. The van der Waals surface area contributed by atoms with E-state index in [0.717, 1.165) is 42.7 Å². The number of anilines is 1. The predicted molar refractivity (Wildman–Crippen MR) is 112 cm³/mol. The molecule has 0 unspecified atom stereocenters. The van der Waals surface area contributed by atoms with Gasteiger partial charge in [-0.1, -0.05) is 17.7 Å². The van der Waals surface area contributed by atoms with Crippen LogP contribution in [0.1, 0.15) is 24.0 Å². The van der Waals surface area contributed by atoms with E-state index in [4.69, 9.17) is 21.1 Å². The highest BCUT2D eigenvalue weighted by Crippen LogP contribution is 2.36. The number of halogens is 1. The van der Waals surface area contributed by atoms with Gasteiger partial charge in [-0.2, -0.15) is 0 Å². The van der Waals surface area contributed by atoms with Crippen molar-refractivity contribution in [2.75, 3.05) is 32.1 Å². The van der Waals surface area contributed by atoms with Gasteiger partial charge in [0.15, 0.2) is 18.1 Å². The highest BCUT2D eigenvalue weighted by atomic mass is 35.5. The summed E-state index contributed by atoms with van der Waals surface area (Å²) in [7, 11) is 1.54. The smallest absolute Gasteiger partial charge is 0.260 e. The van der Waals surface area contributed by atoms with Gasteiger partial charge in [-0.15, -0.1) is 0 Å². The van der Waals surface area contributed by atoms with Gasteiger partial charge in [0.2, 0.25) is 0 Å². The largest absolute Gasteiger partial charge is 0.493 e. The van der Waals surface area contributed by atoms with Gasteiger partial charge in [-0.3, -0.25) is 9.59 Å². The second-order valence-corrected chi connectivity index (χ2v) is 7.43. The lowest BCUT2D eigenvalue weighted by Crippen LogP contribution is -2.32. The molecule has 0 bridgehead atoms. The van der Waals surface area contributed by atoms with E-state index in [1.54, 1.807) is 43.5 Å². The van der Waals surface area contributed by atoms with E-state index in [9.17, 15) is 9.59 Å². The molecule has 6 nitrogen and oxygen atoms in total. The maximum Gasteiger partial charge on any atom is 0.260 e. The molecule has 0 spiro atoms. The molecule has 2 aliphatic rings. The number of ether oxygens (including phenoxy) is 2. The first-order valence-corrected chi connectivity index (χ1v) is 9.84. The molecule has 1 saturated heterocycles. The van der Waals surface area contributed by atoms with Gasteiger partial charge in [-0.25, -0.2) is 0 Å². The van der Waals surface area contributed by atoms with Crippen LogP contribution in [0.5, 0.6) is 11.5 Å². The zero-order valence-corrected chi connectivity index (χ0v) is 16.8. The second kappa shape index (κ2) is 8.17. The lowest BCUT2D eigenvalue weighted by Gasteiger charge is -2.16. The third-order valence-corrected chi connectivity index (χ3v) is 5.31. The van der Waals surface area contributed by atoms with Crippen molar-refractivity contribution in [3.05, 3.63) is 52.5 Å². The SMILES string of the molecule is COc1cc(/C=C2\C(=O)Nc3ccc(Cl)cc32)ccc1OCC(=O)N1CCCC1. The summed E-state index contributed by atoms with van der Waals surface area (Å²) >= 11 is 6.08. The summed E-state index contributed by atoms with van der Waals surface area (Å²) in [6, 6.07) is 10.6. The van der Waals surface area contributed by atoms with E-state index in [-0.39, 0.29) is 18.4 Å². The molecule has 0 atom stereocenters. The maximum atomic E-state index is 12.4. The lowest BCUT2D eigenvalue weighted by molar-refractivity contribution is -0.132. The zero-order chi connectivity index (χ0) is 20.4. The van der Waals surface area contributed by atoms with E-state index in [0.29, 0.717) is 22.1 Å². The van der Waals surface area contributed by atoms with Gasteiger partial charge in [0.05, 0.1) is 7.11 Å². The standard InChI is InChI=1S/C22H21ClN2O4/c1-28-20-11-14(4-7-19(20)29-13-21(26)25-8-2-3-9-25)10-17-16-12-15(23)5-6-18(16)24-22(17)27/h4-7,10-12H,2-3,8-9,13H2,1H3,(H,24,27)/b17-10-. The summed E-state index contributed by atoms with van der Waals surface area (Å²) in [4.78, 5) is 26.4. The van der Waals surface area contributed by atoms with Gasteiger partial charge < -0.3 is 19.7 Å². The number of hydrogen-bond donors (Lipinski definition) is 1. The summed E-state index contributed by atoms with van der Waals surface area (Å²) in [6.45, 7) is 1.56. The Morgan fingerprint density at radius 3 is 2.72 bits per heavy atom. The molecule has 0 saturated carbocycles. The van der Waals surface area contributed by atoms with Gasteiger partial charge >= 0.3 is 0 Å². The van der Waals surface area contributed by atoms with Crippen LogP contribution in [-0.4, -0.2) is 43.5 Å². The van der Waals surface area contributed by atoms with Gasteiger partial charge in [-0.05, 0) is 54.8 Å². The number of fused-ring (bicyclic) bond motifs is 1. The van der Waals surface area contributed by atoms with E-state index >= 15 is 0 Å². The molecule has 7 heteroatoms. The van der Waals surface area contributed by atoms with Crippen molar-refractivity contribution < 1.29 is 19.1 Å². The van der Waals surface area contributed by atoms with Crippen molar-refractivity contribution in [2.24, 2.45) is 0 Å². The number of benzene rings is 2. The van der Waals surface area contributed by atoms with Crippen molar-refractivity contribution in [3.63, 3.8) is 0 Å². The first-order valence-electron chi connectivity index (χ1n) is 9.47. The fraction of sp³-hybridized carbons (Fsp3) is 0.273. The van der Waals surface area contributed by atoms with Crippen molar-refractivity contribution in [1.29, 1.82) is 0 Å². The minimum atomic E-state index is -0.183. The number of hydrogen-bond acceptors (Lipinski definition) is 4. The number of nitrogens with one attached hydrogen (secondary N) is 1. The monoisotopic (exact) mass is 412 g/mol. The van der Waals surface area contributed by atoms with E-state index < -0.39 is 0 Å². The quantitative estimate of drug-likeness (QED) is 0.757. The van der Waals surface area contributed by atoms with Gasteiger partial charge in [0, 0.05) is 34.9 Å². The third kappa shape index (κ3) is 4.07. The Balaban J connectivity index is 1.54. The van der Waals surface area contributed by atoms with Crippen molar-refractivity contribution in [3.8, 4) is 11.5 Å². The average molecular weight is 413 g/mol. The minimum Gasteiger partial charge on any atom is -0.493 e. The fourth-order valence-electron chi connectivity index (χ4n) is 3.56. The molecule has 2 heterocycles. The topological polar surface area (TPSA) is 67.9 Å². The molecule has 2 amide bonds. The Bertz CT molecular complexity index is 996. The van der Waals surface area contributed by atoms with Crippen molar-refractivity contribution in [2.45, 2.75) is 12.8 Å². The van der Waals surface area contributed by atoms with Crippen LogP contribution in [0.2, 0.25) is 5.02 Å². The normalized spacial score (nSPS) is 16.7. The number of rotatable bonds is 5. The Kier molecular flexibility index (Phi) is 5.45. The van der Waals surface area contributed by atoms with Crippen LogP contribution in [0, 0.1) is 0 Å². The molecule has 0 aromatic heterocycles. The minimum absolute atomic E-state index is 0.0214. The average Bonchev–Trinajstić information content (AvgIpc) is 3.36. The molecule has 1 fully saturated rings. The molecule has 2 aliphatic heterocycles. The number of nitrogens with zero attached hydrogens (tertiary/aromatic N) is 1. The molecule has 2 aromatic carbocycles. The van der Waals surface area contributed by atoms with Gasteiger partial charge in [0.1, 0.15) is 0 Å². The van der Waals surface area contributed by atoms with E-state index in [1.807, 2.05) is 11.0 Å². The van der Waals surface area contributed by atoms with Crippen LogP contribution in [0.15, 0.2) is 36.4 Å². The highest BCUT2D eigenvalue weighted by molar-refractivity contribution is 6.36. The van der Waals surface area contributed by atoms with Crippen molar-refractivity contribution in [1.82, 2.24) is 4.90 Å². The number of carbonyl (C=O) groups is 2. The molecular weight excluding hydrogens is 392 g/mol. The molecule has 4 rings (SSSR count). The Morgan fingerprint density at radius 1 is 1.17 bits per heavy atom. The summed E-state index contributed by atoms with van der Waals surface area (Å²) < 4.78 is 11.1. The molecule has 1 N–H and O–H groups in total. The Morgan fingerprint density at radius 2 is 1.97 bits per heavy atom. The van der Waals surface area contributed by atoms with Crippen LogP contribution in [0.3, 0.4) is 0 Å². The number of methoxy groups -OCH3 is 1. The third-order valence-electron chi connectivity index (χ3n) is 5.07. The molecule has 150 valence electrons. The molecular formula is C22H21ClN2O4. The van der Waals surface area contributed by atoms with Crippen LogP contribution in [-0.2, 0) is 9.59 Å². The molecule has 29 heavy (non-hydrogen) atoms. The van der Waals surface area contributed by atoms with Crippen LogP contribution >= 0.6 is 11.6 Å². The van der Waals surface area contributed by atoms with Gasteiger partial charge in [0.25, 0.3) is 11.8 Å². The molecule has 2 aromatic rings. The van der Waals surface area contributed by atoms with Crippen molar-refractivity contribution >= 4 is 40.8 Å². The van der Waals surface area contributed by atoms with E-state index in [2.05, 4.69) is 5.32 Å². The number of amides is 2. The second-order valence-electron chi connectivity index (χ2n) is 6.99. The summed E-state index contributed by atoms with van der Waals surface area (Å²) in [6.07, 6.45) is 3.86. The predicted octanol–water partition coefficient (Wildman–Crippen LogP) is 3.84. The summed E-state index contributed by atoms with van der Waals surface area (Å²) in [5.41, 5.74) is 2.80. The zero-order valence-electron chi connectivity index (χ0n) is 16.0. The fourth-order valence-corrected chi connectivity index (χ4v) is 3.73. The Hall–Kier alpha value is -2.99.